The summed E-state index contributed by atoms with van der Waals surface area (Å²) < 4.78 is 29.5. The van der Waals surface area contributed by atoms with E-state index < -0.39 is 10.0 Å². The summed E-state index contributed by atoms with van der Waals surface area (Å²) in [6.07, 6.45) is 1.93. The number of nitrogens with zero attached hydrogens (tertiary/aromatic N) is 3. The molecule has 1 aromatic heterocycles. The molecule has 2 aromatic rings. The molecule has 0 atom stereocenters. The zero-order valence-corrected chi connectivity index (χ0v) is 19.2. The van der Waals surface area contributed by atoms with Gasteiger partial charge in [-0.25, -0.2) is 8.42 Å². The van der Waals surface area contributed by atoms with Gasteiger partial charge in [0.1, 0.15) is 0 Å². The van der Waals surface area contributed by atoms with Crippen LogP contribution in [0.25, 0.3) is 0 Å². The van der Waals surface area contributed by atoms with Gasteiger partial charge in [-0.2, -0.15) is 4.31 Å². The van der Waals surface area contributed by atoms with Crippen LogP contribution < -0.4 is 0 Å². The van der Waals surface area contributed by atoms with Gasteiger partial charge >= 0.3 is 0 Å². The highest BCUT2D eigenvalue weighted by Gasteiger charge is 2.31. The summed E-state index contributed by atoms with van der Waals surface area (Å²) in [6, 6.07) is 9.53. The minimum Gasteiger partial charge on any atom is -0.353 e. The third-order valence-corrected chi connectivity index (χ3v) is 6.92. The van der Waals surface area contributed by atoms with Crippen molar-refractivity contribution < 1.29 is 13.2 Å². The number of carbonyl (C=O) groups is 1. The molecule has 0 aliphatic carbocycles. The molecular formula is C21H30ClN3O3S. The molecule has 29 heavy (non-hydrogen) atoms. The average Bonchev–Trinajstić information content (AvgIpc) is 3.03. The maximum atomic E-state index is 13.2. The molecular weight excluding hydrogens is 410 g/mol. The highest BCUT2D eigenvalue weighted by atomic mass is 35.5. The van der Waals surface area contributed by atoms with Gasteiger partial charge in [0.25, 0.3) is 0 Å². The number of aromatic nitrogens is 1. The van der Waals surface area contributed by atoms with Crippen LogP contribution in [0.3, 0.4) is 0 Å². The van der Waals surface area contributed by atoms with E-state index in [0.29, 0.717) is 18.1 Å². The van der Waals surface area contributed by atoms with Crippen LogP contribution in [0.4, 0.5) is 0 Å². The highest BCUT2D eigenvalue weighted by molar-refractivity contribution is 7.89. The molecule has 0 radical (unpaired) electrons. The van der Waals surface area contributed by atoms with Crippen LogP contribution in [0.2, 0.25) is 5.02 Å². The van der Waals surface area contributed by atoms with E-state index in [1.54, 1.807) is 18.7 Å². The fourth-order valence-electron chi connectivity index (χ4n) is 3.07. The van der Waals surface area contributed by atoms with E-state index in [2.05, 4.69) is 0 Å². The number of sulfonamides is 1. The van der Waals surface area contributed by atoms with E-state index in [-0.39, 0.29) is 29.3 Å². The van der Waals surface area contributed by atoms with Crippen LogP contribution in [-0.2, 0) is 28.4 Å². The van der Waals surface area contributed by atoms with Gasteiger partial charge in [-0.05, 0) is 56.2 Å². The second-order valence-corrected chi connectivity index (χ2v) is 10.2. The zero-order chi connectivity index (χ0) is 21.8. The smallest absolute Gasteiger partial charge is 0.243 e. The maximum absolute atomic E-state index is 13.2. The number of amides is 1. The molecule has 0 aliphatic rings. The molecule has 0 unspecified atom stereocenters. The lowest BCUT2D eigenvalue weighted by Crippen LogP contribution is -2.46. The van der Waals surface area contributed by atoms with Gasteiger partial charge in [0.05, 0.1) is 18.0 Å². The van der Waals surface area contributed by atoms with Crippen molar-refractivity contribution in [3.8, 4) is 0 Å². The third-order valence-electron chi connectivity index (χ3n) is 4.63. The molecule has 1 aromatic carbocycles. The summed E-state index contributed by atoms with van der Waals surface area (Å²) in [5, 5.41) is 0.460. The molecule has 0 spiro atoms. The van der Waals surface area contributed by atoms with Gasteiger partial charge in [-0.15, -0.1) is 0 Å². The lowest BCUT2D eigenvalue weighted by molar-refractivity contribution is -0.132. The normalized spacial score (nSPS) is 12.2. The van der Waals surface area contributed by atoms with Crippen LogP contribution in [-0.4, -0.2) is 47.2 Å². The average molecular weight is 440 g/mol. The van der Waals surface area contributed by atoms with Crippen molar-refractivity contribution in [2.75, 3.05) is 13.1 Å². The summed E-state index contributed by atoms with van der Waals surface area (Å²) in [7, 11) is -1.89. The predicted octanol–water partition coefficient (Wildman–Crippen LogP) is 3.76. The fraction of sp³-hybridized carbons (Fsp3) is 0.476. The molecule has 0 saturated carbocycles. The Balaban J connectivity index is 2.27. The molecule has 160 valence electrons. The standard InChI is InChI=1S/C21H30ClN3O3S/c1-16(2)13-24(14-19-7-6-12-23(19)5)21(26)15-25(17(3)4)29(27,28)20-10-8-18(22)9-11-20/h6-12,16-17H,13-15H2,1-5H3. The Morgan fingerprint density at radius 2 is 1.72 bits per heavy atom. The Morgan fingerprint density at radius 1 is 1.10 bits per heavy atom. The number of carbonyl (C=O) groups excluding carboxylic acids is 1. The summed E-state index contributed by atoms with van der Waals surface area (Å²) >= 11 is 5.89. The Hall–Kier alpha value is -1.83. The molecule has 2 rings (SSSR count). The molecule has 0 bridgehead atoms. The van der Waals surface area contributed by atoms with E-state index >= 15 is 0 Å². The van der Waals surface area contributed by atoms with Gasteiger partial charge in [0.15, 0.2) is 0 Å². The van der Waals surface area contributed by atoms with Crippen molar-refractivity contribution in [1.82, 2.24) is 13.8 Å². The quantitative estimate of drug-likeness (QED) is 0.597. The molecule has 6 nitrogen and oxygen atoms in total. The summed E-state index contributed by atoms with van der Waals surface area (Å²) in [5.74, 6) is 0.0470. The second kappa shape index (κ2) is 9.78. The summed E-state index contributed by atoms with van der Waals surface area (Å²) in [5.41, 5.74) is 0.996. The van der Waals surface area contributed by atoms with E-state index in [0.717, 1.165) is 5.69 Å². The number of benzene rings is 1. The van der Waals surface area contributed by atoms with Crippen LogP contribution in [0.15, 0.2) is 47.5 Å². The van der Waals surface area contributed by atoms with Crippen molar-refractivity contribution in [2.24, 2.45) is 13.0 Å². The largest absolute Gasteiger partial charge is 0.353 e. The van der Waals surface area contributed by atoms with Crippen LogP contribution in [0, 0.1) is 5.92 Å². The fourth-order valence-corrected chi connectivity index (χ4v) is 4.78. The van der Waals surface area contributed by atoms with Crippen molar-refractivity contribution in [3.05, 3.63) is 53.3 Å². The first kappa shape index (κ1) is 23.4. The lowest BCUT2D eigenvalue weighted by atomic mass is 10.2. The Morgan fingerprint density at radius 3 is 2.21 bits per heavy atom. The van der Waals surface area contributed by atoms with Crippen molar-refractivity contribution in [2.45, 2.75) is 45.2 Å². The molecule has 1 heterocycles. The summed E-state index contributed by atoms with van der Waals surface area (Å²) in [6.45, 7) is 8.39. The van der Waals surface area contributed by atoms with Crippen molar-refractivity contribution in [1.29, 1.82) is 0 Å². The molecule has 0 fully saturated rings. The van der Waals surface area contributed by atoms with E-state index in [9.17, 15) is 13.2 Å². The van der Waals surface area contributed by atoms with Crippen molar-refractivity contribution in [3.63, 3.8) is 0 Å². The third kappa shape index (κ3) is 6.07. The molecule has 0 saturated heterocycles. The van der Waals surface area contributed by atoms with E-state index in [4.69, 9.17) is 11.6 Å². The van der Waals surface area contributed by atoms with Crippen LogP contribution in [0.5, 0.6) is 0 Å². The molecule has 0 aliphatic heterocycles. The number of aryl methyl sites for hydroxylation is 1. The molecule has 0 N–H and O–H groups in total. The van der Waals surface area contributed by atoms with E-state index in [1.165, 1.54) is 28.6 Å². The van der Waals surface area contributed by atoms with Gasteiger partial charge in [0.2, 0.25) is 15.9 Å². The first-order chi connectivity index (χ1) is 13.5. The Labute approximate surface area is 179 Å². The van der Waals surface area contributed by atoms with Gasteiger partial charge in [-0.3, -0.25) is 4.79 Å². The predicted molar refractivity (Wildman–Crippen MR) is 116 cm³/mol. The molecule has 8 heteroatoms. The van der Waals surface area contributed by atoms with Crippen LogP contribution >= 0.6 is 11.6 Å². The highest BCUT2D eigenvalue weighted by Crippen LogP contribution is 2.21. The SMILES string of the molecule is CC(C)CN(Cc1cccn1C)C(=O)CN(C(C)C)S(=O)(=O)c1ccc(Cl)cc1. The minimum absolute atomic E-state index is 0.126. The number of rotatable bonds is 9. The maximum Gasteiger partial charge on any atom is 0.243 e. The van der Waals surface area contributed by atoms with Crippen molar-refractivity contribution >= 4 is 27.5 Å². The first-order valence-electron chi connectivity index (χ1n) is 9.67. The second-order valence-electron chi connectivity index (χ2n) is 7.88. The zero-order valence-electron chi connectivity index (χ0n) is 17.7. The van der Waals surface area contributed by atoms with Gasteiger partial charge in [0, 0.05) is 36.5 Å². The Kier molecular flexibility index (Phi) is 7.91. The first-order valence-corrected chi connectivity index (χ1v) is 11.5. The number of halogens is 1. The lowest BCUT2D eigenvalue weighted by Gasteiger charge is -2.30. The van der Waals surface area contributed by atoms with E-state index in [1.807, 2.05) is 43.8 Å². The number of hydrogen-bond acceptors (Lipinski definition) is 3. The Bertz CT molecular complexity index is 921. The minimum atomic E-state index is -3.82. The topological polar surface area (TPSA) is 62.6 Å². The van der Waals surface area contributed by atoms with Gasteiger partial charge < -0.3 is 9.47 Å². The van der Waals surface area contributed by atoms with Gasteiger partial charge in [-0.1, -0.05) is 25.4 Å². The number of hydrogen-bond donors (Lipinski definition) is 0. The molecule has 1 amide bonds. The van der Waals surface area contributed by atoms with Crippen LogP contribution in [0.1, 0.15) is 33.4 Å². The summed E-state index contributed by atoms with van der Waals surface area (Å²) in [4.78, 5) is 15.0. The monoisotopic (exact) mass is 439 g/mol.